The number of nitrogens with zero attached hydrogens (tertiary/aromatic N) is 1. The Kier molecular flexibility index (Phi) is 13.5. The van der Waals surface area contributed by atoms with E-state index in [0.29, 0.717) is 5.57 Å². The van der Waals surface area contributed by atoms with Crippen molar-refractivity contribution in [3.63, 3.8) is 0 Å². The molecular formula is C33H49NO3. The number of hydrogen-bond donors (Lipinski definition) is 1. The second-order valence-electron chi connectivity index (χ2n) is 9.14. The van der Waals surface area contributed by atoms with Crippen LogP contribution < -0.4 is 0 Å². The summed E-state index contributed by atoms with van der Waals surface area (Å²) >= 11 is 0. The van der Waals surface area contributed by atoms with Gasteiger partial charge in [0.25, 0.3) is 0 Å². The van der Waals surface area contributed by atoms with Crippen LogP contribution in [0.3, 0.4) is 0 Å². The zero-order valence-corrected chi connectivity index (χ0v) is 25.0. The van der Waals surface area contributed by atoms with E-state index >= 15 is 0 Å². The fraction of sp³-hybridized carbons (Fsp3) is 0.515. The highest BCUT2D eigenvalue weighted by Crippen LogP contribution is 2.37. The summed E-state index contributed by atoms with van der Waals surface area (Å²) in [6.07, 6.45) is 6.07. The van der Waals surface area contributed by atoms with Crippen molar-refractivity contribution in [3.8, 4) is 0 Å². The summed E-state index contributed by atoms with van der Waals surface area (Å²) in [5, 5.41) is 11.8. The number of rotatable bonds is 4. The quantitative estimate of drug-likeness (QED) is 0.423. The van der Waals surface area contributed by atoms with Crippen molar-refractivity contribution in [1.82, 2.24) is 4.98 Å². The molecule has 1 unspecified atom stereocenters. The lowest BCUT2D eigenvalue weighted by Crippen LogP contribution is -2.31. The number of ether oxygens (including phenoxy) is 1. The molecule has 2 heterocycles. The van der Waals surface area contributed by atoms with Crippen molar-refractivity contribution >= 4 is 22.4 Å². The predicted octanol–water partition coefficient (Wildman–Crippen LogP) is 8.26. The lowest BCUT2D eigenvalue weighted by Gasteiger charge is -2.25. The van der Waals surface area contributed by atoms with Crippen LogP contribution in [0.2, 0.25) is 0 Å². The predicted molar refractivity (Wildman–Crippen MR) is 159 cm³/mol. The summed E-state index contributed by atoms with van der Waals surface area (Å²) in [5.74, 6) is -0.614. The second-order valence-corrected chi connectivity index (χ2v) is 9.14. The number of carbonyl (C=O) groups is 1. The molecule has 2 aromatic rings. The van der Waals surface area contributed by atoms with Gasteiger partial charge in [-0.05, 0) is 91.5 Å². The first-order valence-electron chi connectivity index (χ1n) is 14.1. The third kappa shape index (κ3) is 7.19. The molecule has 204 valence electrons. The second kappa shape index (κ2) is 15.5. The fourth-order valence-electron chi connectivity index (χ4n) is 4.83. The van der Waals surface area contributed by atoms with Crippen molar-refractivity contribution in [3.05, 3.63) is 69.5 Å². The normalized spacial score (nSPS) is 16.5. The molecule has 0 saturated heterocycles. The van der Waals surface area contributed by atoms with Gasteiger partial charge in [-0.25, -0.2) is 9.78 Å². The monoisotopic (exact) mass is 507 g/mol. The van der Waals surface area contributed by atoms with E-state index in [0.717, 1.165) is 53.6 Å². The Bertz CT molecular complexity index is 1150. The smallest absolute Gasteiger partial charge is 0.339 e. The topological polar surface area (TPSA) is 59.4 Å². The number of aliphatic hydroxyl groups is 1. The van der Waals surface area contributed by atoms with E-state index in [-0.39, 0.29) is 6.61 Å². The Morgan fingerprint density at radius 1 is 1.11 bits per heavy atom. The maximum absolute atomic E-state index is 12.0. The van der Waals surface area contributed by atoms with Gasteiger partial charge in [0.1, 0.15) is 6.61 Å². The first kappa shape index (κ1) is 32.3. The minimum atomic E-state index is -1.29. The minimum Gasteiger partial charge on any atom is -0.459 e. The number of carbonyl (C=O) groups excluding carboxylic acids is 1. The standard InChI is InChI=1S/C26H29NO3.C3H8.2C2H6/c1-6-17-19-9-7-8-18-15(4)10-11-22(23(18)19)27-24(17)16(5)12-20-21(14(2)3)13-30-26(29)25(20)28;1-3-2;2*1-2/h10-12,25,28H,2,6-9,13H2,1,3-5H3;3H2,1-2H3;2*1-2H3/b16-12+;;;. The molecule has 0 radical (unpaired) electrons. The summed E-state index contributed by atoms with van der Waals surface area (Å²) in [4.78, 5) is 17.0. The molecule has 4 nitrogen and oxygen atoms in total. The molecule has 0 bridgehead atoms. The van der Waals surface area contributed by atoms with Crippen molar-refractivity contribution in [2.24, 2.45) is 0 Å². The molecule has 1 atom stereocenters. The van der Waals surface area contributed by atoms with E-state index in [2.05, 4.69) is 46.4 Å². The SMILES string of the molecule is C=C(C)C1=C(/C=C(\C)c2nc3ccc(C)c4c3c(c2CC)CCC4)C(O)C(=O)OC1.CC.CC.CCC. The molecule has 0 fully saturated rings. The zero-order chi connectivity index (χ0) is 28.3. The maximum atomic E-state index is 12.0. The van der Waals surface area contributed by atoms with Crippen LogP contribution in [-0.4, -0.2) is 28.8 Å². The van der Waals surface area contributed by atoms with Crippen LogP contribution >= 0.6 is 0 Å². The van der Waals surface area contributed by atoms with E-state index < -0.39 is 12.1 Å². The lowest BCUT2D eigenvalue weighted by molar-refractivity contribution is -0.151. The number of hydrogen-bond acceptors (Lipinski definition) is 4. The molecular weight excluding hydrogens is 458 g/mol. The molecule has 2 aliphatic rings. The molecule has 1 aromatic heterocycles. The summed E-state index contributed by atoms with van der Waals surface area (Å²) in [5.41, 5.74) is 10.5. The highest BCUT2D eigenvalue weighted by Gasteiger charge is 2.29. The summed E-state index contributed by atoms with van der Waals surface area (Å²) in [6, 6.07) is 4.28. The number of aliphatic hydroxyl groups excluding tert-OH is 1. The molecule has 0 spiro atoms. The minimum absolute atomic E-state index is 0.143. The number of aryl methyl sites for hydroxylation is 3. The number of pyridine rings is 1. The molecule has 0 saturated carbocycles. The number of esters is 1. The highest BCUT2D eigenvalue weighted by atomic mass is 16.5. The van der Waals surface area contributed by atoms with Crippen molar-refractivity contribution in [1.29, 1.82) is 0 Å². The van der Waals surface area contributed by atoms with Gasteiger partial charge in [-0.3, -0.25) is 0 Å². The van der Waals surface area contributed by atoms with Gasteiger partial charge in [0.2, 0.25) is 0 Å². The fourth-order valence-corrected chi connectivity index (χ4v) is 4.83. The number of cyclic esters (lactones) is 1. The van der Waals surface area contributed by atoms with Crippen LogP contribution in [0, 0.1) is 6.92 Å². The van der Waals surface area contributed by atoms with Crippen molar-refractivity contribution in [2.45, 2.75) is 107 Å². The van der Waals surface area contributed by atoms with E-state index in [1.54, 1.807) is 0 Å². The van der Waals surface area contributed by atoms with Crippen LogP contribution in [0.5, 0.6) is 0 Å². The van der Waals surface area contributed by atoms with Crippen molar-refractivity contribution in [2.75, 3.05) is 6.61 Å². The van der Waals surface area contributed by atoms with Gasteiger partial charge in [0.15, 0.2) is 6.10 Å². The van der Waals surface area contributed by atoms with Gasteiger partial charge in [0.05, 0.1) is 11.2 Å². The van der Waals surface area contributed by atoms with Crippen LogP contribution in [-0.2, 0) is 28.8 Å². The number of benzene rings is 1. The molecule has 37 heavy (non-hydrogen) atoms. The first-order chi connectivity index (χ1) is 17.7. The van der Waals surface area contributed by atoms with Crippen LogP contribution in [0.1, 0.15) is 103 Å². The van der Waals surface area contributed by atoms with Crippen LogP contribution in [0.15, 0.2) is 41.5 Å². The average molecular weight is 508 g/mol. The zero-order valence-electron chi connectivity index (χ0n) is 25.0. The van der Waals surface area contributed by atoms with E-state index in [4.69, 9.17) is 9.72 Å². The Labute approximate surface area is 225 Å². The molecule has 4 rings (SSSR count). The number of aromatic nitrogens is 1. The van der Waals surface area contributed by atoms with E-state index in [1.165, 1.54) is 34.1 Å². The summed E-state index contributed by atoms with van der Waals surface area (Å²) < 4.78 is 5.10. The van der Waals surface area contributed by atoms with Crippen LogP contribution in [0.4, 0.5) is 0 Å². The van der Waals surface area contributed by atoms with E-state index in [1.807, 2.05) is 47.6 Å². The largest absolute Gasteiger partial charge is 0.459 e. The highest BCUT2D eigenvalue weighted by molar-refractivity contribution is 5.91. The number of allylic oxidation sites excluding steroid dienone is 1. The van der Waals surface area contributed by atoms with Gasteiger partial charge in [-0.1, -0.05) is 79.2 Å². The van der Waals surface area contributed by atoms with Gasteiger partial charge < -0.3 is 9.84 Å². The molecule has 1 aliphatic heterocycles. The average Bonchev–Trinajstić information content (AvgIpc) is 2.91. The van der Waals surface area contributed by atoms with Crippen molar-refractivity contribution < 1.29 is 14.6 Å². The lowest BCUT2D eigenvalue weighted by atomic mass is 9.83. The Morgan fingerprint density at radius 2 is 1.70 bits per heavy atom. The van der Waals surface area contributed by atoms with Gasteiger partial charge in [0, 0.05) is 5.39 Å². The molecule has 1 aliphatic carbocycles. The molecule has 0 amide bonds. The maximum Gasteiger partial charge on any atom is 0.339 e. The first-order valence-corrected chi connectivity index (χ1v) is 14.1. The summed E-state index contributed by atoms with van der Waals surface area (Å²) in [6.45, 7) is 24.6. The van der Waals surface area contributed by atoms with Gasteiger partial charge in [-0.2, -0.15) is 0 Å². The van der Waals surface area contributed by atoms with E-state index in [9.17, 15) is 9.90 Å². The molecule has 4 heteroatoms. The van der Waals surface area contributed by atoms with Crippen LogP contribution in [0.25, 0.3) is 16.5 Å². The molecule has 1 N–H and O–H groups in total. The third-order valence-electron chi connectivity index (χ3n) is 6.40. The van der Waals surface area contributed by atoms with Gasteiger partial charge in [-0.15, -0.1) is 0 Å². The Balaban J connectivity index is 0.000000894. The Hall–Kier alpha value is -2.72. The third-order valence-corrected chi connectivity index (χ3v) is 6.40. The summed E-state index contributed by atoms with van der Waals surface area (Å²) in [7, 11) is 0. The molecule has 1 aromatic carbocycles. The Morgan fingerprint density at radius 3 is 2.27 bits per heavy atom. The van der Waals surface area contributed by atoms with Gasteiger partial charge >= 0.3 is 5.97 Å².